The van der Waals surface area contributed by atoms with Gasteiger partial charge in [-0.05, 0) is 70.1 Å². The van der Waals surface area contributed by atoms with Crippen LogP contribution in [0.2, 0.25) is 0 Å². The molecular weight excluding hydrogens is 340 g/mol. The molecule has 2 aliphatic carbocycles. The van der Waals surface area contributed by atoms with Crippen molar-refractivity contribution in [3.8, 4) is 0 Å². The van der Waals surface area contributed by atoms with E-state index in [0.29, 0.717) is 29.7 Å². The summed E-state index contributed by atoms with van der Waals surface area (Å²) in [6.45, 7) is 1.23. The fourth-order valence-electron chi connectivity index (χ4n) is 5.57. The van der Waals surface area contributed by atoms with E-state index in [4.69, 9.17) is 10.3 Å². The number of piperidine rings is 1. The summed E-state index contributed by atoms with van der Waals surface area (Å²) < 4.78 is 5.33. The van der Waals surface area contributed by atoms with E-state index in [9.17, 15) is 4.79 Å². The second-order valence-corrected chi connectivity index (χ2v) is 9.39. The molecule has 2 bridgehead atoms. The maximum atomic E-state index is 12.6. The maximum absolute atomic E-state index is 12.6. The molecule has 27 heavy (non-hydrogen) atoms. The number of carbonyl (C=O) groups excluding carboxylic acids is 1. The molecule has 3 atom stereocenters. The topological polar surface area (TPSA) is 84.4 Å². The third kappa shape index (κ3) is 3.79. The van der Waals surface area contributed by atoms with E-state index in [1.165, 1.54) is 45.1 Å². The van der Waals surface area contributed by atoms with Crippen molar-refractivity contribution >= 4 is 5.91 Å². The Bertz CT molecular complexity index is 663. The predicted octanol–water partition coefficient (Wildman–Crippen LogP) is 2.79. The van der Waals surface area contributed by atoms with E-state index in [1.54, 1.807) is 0 Å². The zero-order valence-corrected chi connectivity index (χ0v) is 16.1. The average Bonchev–Trinajstić information content (AvgIpc) is 3.34. The van der Waals surface area contributed by atoms with Crippen molar-refractivity contribution in [1.82, 2.24) is 15.4 Å². The van der Waals surface area contributed by atoms with E-state index < -0.39 is 0 Å². The van der Waals surface area contributed by atoms with Crippen molar-refractivity contribution in [2.75, 3.05) is 6.54 Å². The summed E-state index contributed by atoms with van der Waals surface area (Å²) in [5.74, 6) is 2.12. The molecule has 4 aliphatic rings. The molecule has 0 radical (unpaired) electrons. The van der Waals surface area contributed by atoms with E-state index in [1.807, 2.05) is 6.07 Å². The van der Waals surface area contributed by atoms with Gasteiger partial charge in [0.05, 0.1) is 0 Å². The van der Waals surface area contributed by atoms with Crippen molar-refractivity contribution in [3.05, 3.63) is 17.5 Å². The fraction of sp³-hybridized carbons (Fsp3) is 0.810. The van der Waals surface area contributed by atoms with Crippen LogP contribution in [0.25, 0.3) is 0 Å². The Morgan fingerprint density at radius 1 is 1.11 bits per heavy atom. The van der Waals surface area contributed by atoms with Crippen LogP contribution in [0.3, 0.4) is 0 Å². The number of carbonyl (C=O) groups is 1. The van der Waals surface area contributed by atoms with Gasteiger partial charge in [-0.3, -0.25) is 9.69 Å². The van der Waals surface area contributed by atoms with Gasteiger partial charge in [-0.1, -0.05) is 5.16 Å². The van der Waals surface area contributed by atoms with Crippen LogP contribution in [-0.4, -0.2) is 46.7 Å². The second kappa shape index (κ2) is 7.21. The van der Waals surface area contributed by atoms with Crippen molar-refractivity contribution in [2.24, 2.45) is 11.7 Å². The lowest BCUT2D eigenvalue weighted by Gasteiger charge is -2.41. The van der Waals surface area contributed by atoms with Crippen LogP contribution in [-0.2, 0) is 0 Å². The molecule has 2 saturated heterocycles. The molecule has 6 heteroatoms. The first-order valence-electron chi connectivity index (χ1n) is 10.9. The summed E-state index contributed by atoms with van der Waals surface area (Å²) in [5.41, 5.74) is 6.51. The van der Waals surface area contributed by atoms with Gasteiger partial charge in [-0.15, -0.1) is 0 Å². The number of hydrogen-bond donors (Lipinski definition) is 2. The van der Waals surface area contributed by atoms with Crippen molar-refractivity contribution in [2.45, 2.75) is 94.3 Å². The first-order chi connectivity index (χ1) is 13.2. The minimum absolute atomic E-state index is 0.0650. The van der Waals surface area contributed by atoms with Crippen molar-refractivity contribution in [1.29, 1.82) is 0 Å². The smallest absolute Gasteiger partial charge is 0.273 e. The Morgan fingerprint density at radius 2 is 1.81 bits per heavy atom. The minimum atomic E-state index is -0.0650. The molecule has 0 aromatic carbocycles. The molecule has 148 valence electrons. The second-order valence-electron chi connectivity index (χ2n) is 9.39. The van der Waals surface area contributed by atoms with Gasteiger partial charge < -0.3 is 15.6 Å². The lowest BCUT2D eigenvalue weighted by molar-refractivity contribution is 0.0750. The van der Waals surface area contributed by atoms with E-state index in [-0.39, 0.29) is 11.9 Å². The van der Waals surface area contributed by atoms with Crippen LogP contribution in [0.15, 0.2) is 10.6 Å². The normalized spacial score (nSPS) is 36.7. The molecule has 2 aliphatic heterocycles. The van der Waals surface area contributed by atoms with E-state index >= 15 is 0 Å². The number of amides is 1. The summed E-state index contributed by atoms with van der Waals surface area (Å²) in [5, 5.41) is 7.22. The fourth-order valence-corrected chi connectivity index (χ4v) is 5.57. The van der Waals surface area contributed by atoms with Crippen molar-refractivity contribution in [3.63, 3.8) is 0 Å². The highest BCUT2D eigenvalue weighted by Gasteiger charge is 2.42. The highest BCUT2D eigenvalue weighted by atomic mass is 16.5. The molecule has 1 amide bonds. The molecule has 4 fully saturated rings. The number of hydrogen-bond acceptors (Lipinski definition) is 5. The minimum Gasteiger partial charge on any atom is -0.360 e. The number of aromatic nitrogens is 1. The van der Waals surface area contributed by atoms with Crippen LogP contribution < -0.4 is 11.1 Å². The Labute approximate surface area is 161 Å². The lowest BCUT2D eigenvalue weighted by atomic mass is 9.85. The first kappa shape index (κ1) is 17.7. The average molecular weight is 373 g/mol. The number of fused-ring (bicyclic) bond motifs is 2. The Kier molecular flexibility index (Phi) is 4.72. The molecule has 1 aromatic rings. The molecule has 3 heterocycles. The molecule has 6 nitrogen and oxygen atoms in total. The highest BCUT2D eigenvalue weighted by molar-refractivity contribution is 5.92. The number of nitrogens with two attached hydrogens (primary N) is 1. The molecule has 3 N–H and O–H groups in total. The van der Waals surface area contributed by atoms with Gasteiger partial charge in [0.25, 0.3) is 5.91 Å². The van der Waals surface area contributed by atoms with Crippen LogP contribution in [0, 0.1) is 5.92 Å². The maximum Gasteiger partial charge on any atom is 0.273 e. The third-order valence-corrected chi connectivity index (χ3v) is 7.32. The van der Waals surface area contributed by atoms with Crippen molar-refractivity contribution < 1.29 is 9.32 Å². The number of rotatable bonds is 5. The summed E-state index contributed by atoms with van der Waals surface area (Å²) in [4.78, 5) is 15.3. The van der Waals surface area contributed by atoms with E-state index in [0.717, 1.165) is 37.4 Å². The van der Waals surface area contributed by atoms with Gasteiger partial charge in [0.1, 0.15) is 5.76 Å². The summed E-state index contributed by atoms with van der Waals surface area (Å²) >= 11 is 0. The number of nitrogens with one attached hydrogen (secondary N) is 1. The molecule has 1 unspecified atom stereocenters. The Hall–Kier alpha value is -1.40. The molecule has 2 saturated carbocycles. The molecule has 5 rings (SSSR count). The van der Waals surface area contributed by atoms with Gasteiger partial charge in [-0.2, -0.15) is 0 Å². The third-order valence-electron chi connectivity index (χ3n) is 7.32. The highest BCUT2D eigenvalue weighted by Crippen LogP contribution is 2.40. The van der Waals surface area contributed by atoms with Crippen LogP contribution in [0.4, 0.5) is 0 Å². The van der Waals surface area contributed by atoms with Gasteiger partial charge >= 0.3 is 0 Å². The van der Waals surface area contributed by atoms with Crippen LogP contribution in [0.5, 0.6) is 0 Å². The molecular formula is C21H32N4O2. The van der Waals surface area contributed by atoms with Crippen LogP contribution in [0.1, 0.15) is 86.4 Å². The van der Waals surface area contributed by atoms with E-state index in [2.05, 4.69) is 15.4 Å². The van der Waals surface area contributed by atoms with Gasteiger partial charge in [0.15, 0.2) is 5.69 Å². The SMILES string of the molecule is NC1CCC(CN2[C@@H]3CC[C@H]2CC(NC(=O)c2cc(C4CC4)on2)C3)CC1. The Balaban J connectivity index is 1.15. The summed E-state index contributed by atoms with van der Waals surface area (Å²) in [7, 11) is 0. The standard InChI is InChI=1S/C21H32N4O2/c22-15-5-1-13(2-6-15)12-25-17-7-8-18(25)10-16(9-17)23-21(26)19-11-20(27-24-19)14-3-4-14/h11,13-18H,1-10,12,22H2,(H,23,26)/t13?,15?,16?,17-,18+. The summed E-state index contributed by atoms with van der Waals surface area (Å²) in [6.07, 6.45) is 12.0. The largest absolute Gasteiger partial charge is 0.360 e. The lowest BCUT2D eigenvalue weighted by Crippen LogP contribution is -2.51. The predicted molar refractivity (Wildman–Crippen MR) is 102 cm³/mol. The zero-order valence-electron chi connectivity index (χ0n) is 16.1. The molecule has 1 aromatic heterocycles. The van der Waals surface area contributed by atoms with Gasteiger partial charge in [-0.25, -0.2) is 0 Å². The number of nitrogens with zero attached hydrogens (tertiary/aromatic N) is 2. The monoisotopic (exact) mass is 372 g/mol. The van der Waals surface area contributed by atoms with Gasteiger partial charge in [0.2, 0.25) is 0 Å². The van der Waals surface area contributed by atoms with Gasteiger partial charge in [0, 0.05) is 42.7 Å². The molecule has 0 spiro atoms. The first-order valence-corrected chi connectivity index (χ1v) is 10.9. The quantitative estimate of drug-likeness (QED) is 0.830. The zero-order chi connectivity index (χ0) is 18.4. The Morgan fingerprint density at radius 3 is 2.48 bits per heavy atom. The summed E-state index contributed by atoms with van der Waals surface area (Å²) in [6, 6.07) is 3.79. The van der Waals surface area contributed by atoms with Crippen LogP contribution >= 0.6 is 0 Å².